The van der Waals surface area contributed by atoms with Gasteiger partial charge in [0, 0.05) is 29.6 Å². The Hall–Kier alpha value is -1.79. The maximum atomic E-state index is 5.43. The van der Waals surface area contributed by atoms with Gasteiger partial charge in [0.05, 0.1) is 18.4 Å². The molecule has 3 aromatic rings. The predicted octanol–water partition coefficient (Wildman–Crippen LogP) is 4.64. The molecular formula is C17H17N3OS2. The molecule has 2 aromatic heterocycles. The number of thioether (sulfide) groups is 1. The van der Waals surface area contributed by atoms with Gasteiger partial charge in [-0.25, -0.2) is 9.97 Å². The van der Waals surface area contributed by atoms with Crippen LogP contribution in [0.5, 0.6) is 5.75 Å². The Bertz CT molecular complexity index is 808. The largest absolute Gasteiger partial charge is 0.496 e. The first-order valence-corrected chi connectivity index (χ1v) is 9.45. The van der Waals surface area contributed by atoms with Gasteiger partial charge in [-0.15, -0.1) is 11.3 Å². The fraction of sp³-hybridized carbons (Fsp3) is 0.294. The topological polar surface area (TPSA) is 39.9 Å². The van der Waals surface area contributed by atoms with E-state index in [1.54, 1.807) is 30.2 Å². The van der Waals surface area contributed by atoms with Crippen molar-refractivity contribution in [3.8, 4) is 16.3 Å². The number of aromatic nitrogens is 3. The molecule has 0 N–H and O–H groups in total. The zero-order chi connectivity index (χ0) is 15.6. The van der Waals surface area contributed by atoms with E-state index in [9.17, 15) is 0 Å². The van der Waals surface area contributed by atoms with Crippen LogP contribution in [-0.2, 0) is 5.75 Å². The van der Waals surface area contributed by atoms with E-state index >= 15 is 0 Å². The van der Waals surface area contributed by atoms with Gasteiger partial charge >= 0.3 is 0 Å². The monoisotopic (exact) mass is 343 g/mol. The van der Waals surface area contributed by atoms with Crippen LogP contribution in [0.1, 0.15) is 24.6 Å². The number of imidazole rings is 1. The lowest BCUT2D eigenvalue weighted by atomic mass is 10.2. The number of para-hydroxylation sites is 1. The number of rotatable bonds is 6. The van der Waals surface area contributed by atoms with Crippen molar-refractivity contribution in [1.29, 1.82) is 0 Å². The van der Waals surface area contributed by atoms with Crippen LogP contribution in [0.3, 0.4) is 0 Å². The molecule has 0 bridgehead atoms. The third-order valence-corrected chi connectivity index (χ3v) is 5.75. The van der Waals surface area contributed by atoms with Crippen LogP contribution < -0.4 is 4.74 Å². The summed E-state index contributed by atoms with van der Waals surface area (Å²) >= 11 is 3.42. The van der Waals surface area contributed by atoms with E-state index in [2.05, 4.69) is 21.1 Å². The third-order valence-electron chi connectivity index (χ3n) is 3.81. The van der Waals surface area contributed by atoms with E-state index in [1.165, 1.54) is 12.8 Å². The molecule has 0 atom stereocenters. The van der Waals surface area contributed by atoms with E-state index in [-0.39, 0.29) is 0 Å². The molecular weight excluding hydrogens is 326 g/mol. The van der Waals surface area contributed by atoms with Crippen molar-refractivity contribution in [3.05, 3.63) is 47.7 Å². The lowest BCUT2D eigenvalue weighted by molar-refractivity contribution is 0.416. The minimum absolute atomic E-state index is 0.666. The fourth-order valence-electron chi connectivity index (χ4n) is 2.50. The molecule has 0 radical (unpaired) electrons. The van der Waals surface area contributed by atoms with Gasteiger partial charge in [0.1, 0.15) is 10.8 Å². The molecule has 23 heavy (non-hydrogen) atoms. The molecule has 6 heteroatoms. The summed E-state index contributed by atoms with van der Waals surface area (Å²) in [5.74, 6) is 1.71. The van der Waals surface area contributed by atoms with Gasteiger partial charge in [0.15, 0.2) is 5.16 Å². The lowest BCUT2D eigenvalue weighted by Gasteiger charge is -2.05. The van der Waals surface area contributed by atoms with Crippen molar-refractivity contribution in [1.82, 2.24) is 14.5 Å². The number of benzene rings is 1. The Labute approximate surface area is 143 Å². The molecule has 0 spiro atoms. The summed E-state index contributed by atoms with van der Waals surface area (Å²) in [6, 6.07) is 8.68. The molecule has 1 fully saturated rings. The van der Waals surface area contributed by atoms with Crippen LogP contribution in [0.2, 0.25) is 0 Å². The average Bonchev–Trinajstić information content (AvgIpc) is 3.14. The molecule has 1 aliphatic carbocycles. The quantitative estimate of drug-likeness (QED) is 0.611. The van der Waals surface area contributed by atoms with Gasteiger partial charge < -0.3 is 9.30 Å². The smallest absolute Gasteiger partial charge is 0.168 e. The zero-order valence-corrected chi connectivity index (χ0v) is 14.4. The highest BCUT2D eigenvalue weighted by Crippen LogP contribution is 2.38. The molecule has 0 unspecified atom stereocenters. The Morgan fingerprint density at radius 3 is 3.04 bits per heavy atom. The van der Waals surface area contributed by atoms with Crippen molar-refractivity contribution in [2.24, 2.45) is 0 Å². The van der Waals surface area contributed by atoms with Crippen molar-refractivity contribution in [2.75, 3.05) is 7.11 Å². The molecule has 0 amide bonds. The van der Waals surface area contributed by atoms with Gasteiger partial charge in [-0.3, -0.25) is 0 Å². The fourth-order valence-corrected chi connectivity index (χ4v) is 4.37. The van der Waals surface area contributed by atoms with E-state index in [0.29, 0.717) is 6.04 Å². The maximum Gasteiger partial charge on any atom is 0.168 e. The Balaban J connectivity index is 1.49. The average molecular weight is 343 g/mol. The van der Waals surface area contributed by atoms with Crippen molar-refractivity contribution in [3.63, 3.8) is 0 Å². The molecule has 118 valence electrons. The molecule has 1 aromatic carbocycles. The zero-order valence-electron chi connectivity index (χ0n) is 12.8. The van der Waals surface area contributed by atoms with Gasteiger partial charge in [-0.2, -0.15) is 0 Å². The predicted molar refractivity (Wildman–Crippen MR) is 94.2 cm³/mol. The van der Waals surface area contributed by atoms with Crippen molar-refractivity contribution < 1.29 is 4.74 Å². The van der Waals surface area contributed by atoms with Crippen LogP contribution in [0, 0.1) is 0 Å². The lowest BCUT2D eigenvalue weighted by Crippen LogP contribution is -1.94. The number of methoxy groups -OCH3 is 1. The molecule has 0 aliphatic heterocycles. The summed E-state index contributed by atoms with van der Waals surface area (Å²) in [6.45, 7) is 0. The van der Waals surface area contributed by atoms with Crippen LogP contribution in [0.25, 0.3) is 10.6 Å². The summed E-state index contributed by atoms with van der Waals surface area (Å²) in [5, 5.41) is 4.22. The SMILES string of the molecule is COc1ccccc1-c1nc(CSc2nccn2C2CC2)cs1. The standard InChI is InChI=1S/C17H17N3OS2/c1-21-15-5-3-2-4-14(15)16-19-12(10-22-16)11-23-17-18-8-9-20(17)13-6-7-13/h2-5,8-10,13H,6-7,11H2,1H3. The highest BCUT2D eigenvalue weighted by Gasteiger charge is 2.25. The molecule has 2 heterocycles. The minimum Gasteiger partial charge on any atom is -0.496 e. The second-order valence-corrected chi connectivity index (χ2v) is 7.28. The second-order valence-electron chi connectivity index (χ2n) is 5.48. The summed E-state index contributed by atoms with van der Waals surface area (Å²) in [7, 11) is 1.70. The van der Waals surface area contributed by atoms with Crippen LogP contribution >= 0.6 is 23.1 Å². The number of thiazole rings is 1. The molecule has 1 aliphatic rings. The molecule has 4 rings (SSSR count). The summed E-state index contributed by atoms with van der Waals surface area (Å²) in [4.78, 5) is 9.23. The number of nitrogens with zero attached hydrogens (tertiary/aromatic N) is 3. The number of hydrogen-bond donors (Lipinski definition) is 0. The van der Waals surface area contributed by atoms with Crippen LogP contribution in [0.4, 0.5) is 0 Å². The first-order valence-electron chi connectivity index (χ1n) is 7.58. The normalized spacial score (nSPS) is 14.1. The Kier molecular flexibility index (Phi) is 4.10. The van der Waals surface area contributed by atoms with Crippen molar-refractivity contribution >= 4 is 23.1 Å². The highest BCUT2D eigenvalue weighted by molar-refractivity contribution is 7.98. The number of ether oxygens (including phenoxy) is 1. The molecule has 0 saturated heterocycles. The first-order chi connectivity index (χ1) is 11.3. The van der Waals surface area contributed by atoms with Crippen LogP contribution in [-0.4, -0.2) is 21.6 Å². The van der Waals surface area contributed by atoms with Gasteiger partial charge in [-0.05, 0) is 25.0 Å². The minimum atomic E-state index is 0.666. The van der Waals surface area contributed by atoms with Gasteiger partial charge in [0.25, 0.3) is 0 Å². The van der Waals surface area contributed by atoms with E-state index in [1.807, 2.05) is 30.5 Å². The van der Waals surface area contributed by atoms with E-state index in [4.69, 9.17) is 9.72 Å². The van der Waals surface area contributed by atoms with E-state index in [0.717, 1.165) is 32.9 Å². The van der Waals surface area contributed by atoms with E-state index < -0.39 is 0 Å². The highest BCUT2D eigenvalue weighted by atomic mass is 32.2. The summed E-state index contributed by atoms with van der Waals surface area (Å²) < 4.78 is 7.71. The Morgan fingerprint density at radius 2 is 2.22 bits per heavy atom. The van der Waals surface area contributed by atoms with Gasteiger partial charge in [-0.1, -0.05) is 23.9 Å². The third kappa shape index (κ3) is 3.14. The maximum absolute atomic E-state index is 5.43. The summed E-state index contributed by atoms with van der Waals surface area (Å²) in [6.07, 6.45) is 6.53. The number of hydrogen-bond acceptors (Lipinski definition) is 5. The molecule has 4 nitrogen and oxygen atoms in total. The second kappa shape index (κ2) is 6.37. The molecule has 1 saturated carbocycles. The van der Waals surface area contributed by atoms with Gasteiger partial charge in [0.2, 0.25) is 0 Å². The van der Waals surface area contributed by atoms with Crippen LogP contribution in [0.15, 0.2) is 47.2 Å². The van der Waals surface area contributed by atoms with Crippen molar-refractivity contribution in [2.45, 2.75) is 29.8 Å². The summed E-state index contributed by atoms with van der Waals surface area (Å²) in [5.41, 5.74) is 2.14. The first kappa shape index (κ1) is 14.8. The Morgan fingerprint density at radius 1 is 1.35 bits per heavy atom.